The third-order valence-corrected chi connectivity index (χ3v) is 14.5. The number of furan rings is 1. The van der Waals surface area contributed by atoms with E-state index in [9.17, 15) is 0 Å². The molecule has 6 heteroatoms. The van der Waals surface area contributed by atoms with Gasteiger partial charge in [0.1, 0.15) is 11.2 Å². The van der Waals surface area contributed by atoms with Crippen molar-refractivity contribution in [3.05, 3.63) is 218 Å². The normalized spacial score (nSPS) is 11.6. The third-order valence-electron chi connectivity index (χ3n) is 13.2. The average molecular weight is 917 g/mol. The van der Waals surface area contributed by atoms with Crippen LogP contribution in [0.25, 0.3) is 137 Å². The van der Waals surface area contributed by atoms with Crippen LogP contribution >= 0.6 is 11.3 Å². The Morgan fingerprint density at radius 2 is 0.971 bits per heavy atom. The first-order chi connectivity index (χ1) is 34.6. The summed E-state index contributed by atoms with van der Waals surface area (Å²) in [5.74, 6) is 1.69. The number of rotatable bonds is 6. The molecule has 0 fully saturated rings. The number of aromatic nitrogens is 4. The van der Waals surface area contributed by atoms with Crippen molar-refractivity contribution in [3.63, 3.8) is 0 Å². The van der Waals surface area contributed by atoms with E-state index in [0.717, 1.165) is 82.5 Å². The smallest absolute Gasteiger partial charge is 0.238 e. The van der Waals surface area contributed by atoms with Crippen LogP contribution in [0.15, 0.2) is 223 Å². The van der Waals surface area contributed by atoms with Gasteiger partial charge in [-0.3, -0.25) is 4.57 Å². The molecule has 0 amide bonds. The fraction of sp³-hybridized carbons (Fsp3) is 0.0469. The second-order valence-electron chi connectivity index (χ2n) is 17.9. The van der Waals surface area contributed by atoms with Crippen molar-refractivity contribution in [2.45, 2.75) is 20.3 Å². The van der Waals surface area contributed by atoms with Crippen LogP contribution in [0.1, 0.15) is 20.3 Å². The topological polar surface area (TPSA) is 56.7 Å². The van der Waals surface area contributed by atoms with Crippen LogP contribution in [0, 0.1) is 0 Å². The maximum Gasteiger partial charge on any atom is 0.238 e. The summed E-state index contributed by atoms with van der Waals surface area (Å²) < 4.78 is 11.2. The average Bonchev–Trinajstić information content (AvgIpc) is 4.10. The van der Waals surface area contributed by atoms with Gasteiger partial charge in [-0.05, 0) is 87.1 Å². The van der Waals surface area contributed by atoms with Gasteiger partial charge in [-0.2, -0.15) is 9.97 Å². The summed E-state index contributed by atoms with van der Waals surface area (Å²) >= 11 is 1.87. The highest BCUT2D eigenvalue weighted by Gasteiger charge is 2.22. The van der Waals surface area contributed by atoms with E-state index in [-0.39, 0.29) is 0 Å². The van der Waals surface area contributed by atoms with Gasteiger partial charge in [0.25, 0.3) is 0 Å². The molecule has 0 atom stereocenters. The zero-order chi connectivity index (χ0) is 46.7. The lowest BCUT2D eigenvalue weighted by molar-refractivity contribution is 0.669. The van der Waals surface area contributed by atoms with Gasteiger partial charge < -0.3 is 4.42 Å². The SMILES string of the molecule is CCC.c1ccc(-c2nc(-c3ccc4c(c3)oc3ccccc34)nc(-n3c4cc5ccccc5cc4c4cccc(-c5cccc(-c6cccc(-c7cccc8c7sc7ccccc78)c6)c5)c43)n2)cc1. The van der Waals surface area contributed by atoms with Crippen LogP contribution in [-0.4, -0.2) is 19.5 Å². The van der Waals surface area contributed by atoms with E-state index >= 15 is 0 Å². The molecule has 0 N–H and O–H groups in total. The molecule has 0 saturated heterocycles. The molecule has 4 heterocycles. The minimum atomic E-state index is 0.538. The van der Waals surface area contributed by atoms with Crippen LogP contribution in [0.4, 0.5) is 0 Å². The van der Waals surface area contributed by atoms with Crippen molar-refractivity contribution in [3.8, 4) is 62.1 Å². The van der Waals surface area contributed by atoms with E-state index in [1.54, 1.807) is 0 Å². The van der Waals surface area contributed by atoms with Crippen LogP contribution in [0.2, 0.25) is 0 Å². The molecule has 332 valence electrons. The van der Waals surface area contributed by atoms with E-state index in [1.807, 2.05) is 47.7 Å². The van der Waals surface area contributed by atoms with E-state index in [2.05, 4.69) is 200 Å². The van der Waals surface area contributed by atoms with Crippen molar-refractivity contribution in [2.24, 2.45) is 0 Å². The summed E-state index contributed by atoms with van der Waals surface area (Å²) in [5, 5.41) is 9.30. The van der Waals surface area contributed by atoms with Crippen LogP contribution in [0.3, 0.4) is 0 Å². The maximum absolute atomic E-state index is 6.38. The Hall–Kier alpha value is -8.71. The standard InChI is InChI=1S/C61H36N4OS.C3H8/c1-2-14-37(15-3-1)59-62-60(44-30-31-48-47-22-6-8-28-54(47)66-55(48)36-44)64-61(63-59)65-53-35-41-17-5-4-16-40(41)34-52(53)50-26-12-24-45(57(50)65)42-20-10-18-38(32-42)39-19-11-21-43(33-39)46-25-13-27-51-49-23-7-9-29-56(49)67-58(46)51;1-3-2/h1-36H;3H2,1-2H3. The summed E-state index contributed by atoms with van der Waals surface area (Å²) in [7, 11) is 0. The fourth-order valence-corrected chi connectivity index (χ4v) is 11.3. The molecule has 0 radical (unpaired) electrons. The lowest BCUT2D eigenvalue weighted by Gasteiger charge is -2.14. The minimum absolute atomic E-state index is 0.538. The predicted molar refractivity (Wildman–Crippen MR) is 295 cm³/mol. The van der Waals surface area contributed by atoms with Gasteiger partial charge in [-0.15, -0.1) is 11.3 Å². The predicted octanol–water partition coefficient (Wildman–Crippen LogP) is 18.1. The molecule has 0 spiro atoms. The molecule has 0 saturated carbocycles. The molecule has 5 nitrogen and oxygen atoms in total. The highest BCUT2D eigenvalue weighted by atomic mass is 32.1. The van der Waals surface area contributed by atoms with Gasteiger partial charge in [0.2, 0.25) is 5.95 Å². The molecule has 0 aliphatic carbocycles. The molecule has 70 heavy (non-hydrogen) atoms. The highest BCUT2D eigenvalue weighted by molar-refractivity contribution is 7.26. The number of fused-ring (bicyclic) bond motifs is 10. The lowest BCUT2D eigenvalue weighted by atomic mass is 9.95. The first-order valence-corrected chi connectivity index (χ1v) is 24.7. The van der Waals surface area contributed by atoms with Gasteiger partial charge in [0.15, 0.2) is 11.6 Å². The van der Waals surface area contributed by atoms with Gasteiger partial charge in [-0.25, -0.2) is 4.98 Å². The van der Waals surface area contributed by atoms with E-state index < -0.39 is 0 Å². The largest absolute Gasteiger partial charge is 0.456 e. The zero-order valence-electron chi connectivity index (χ0n) is 38.6. The third kappa shape index (κ3) is 7.03. The first kappa shape index (κ1) is 41.5. The first-order valence-electron chi connectivity index (χ1n) is 23.9. The maximum atomic E-state index is 6.38. The van der Waals surface area contributed by atoms with Crippen molar-refractivity contribution >= 4 is 86.0 Å². The van der Waals surface area contributed by atoms with Gasteiger partial charge in [0.05, 0.1) is 11.0 Å². The summed E-state index contributed by atoms with van der Waals surface area (Å²) in [5.41, 5.74) is 12.4. The molecule has 14 aromatic rings. The van der Waals surface area contributed by atoms with Gasteiger partial charge >= 0.3 is 0 Å². The minimum Gasteiger partial charge on any atom is -0.456 e. The van der Waals surface area contributed by atoms with E-state index in [1.165, 1.54) is 43.1 Å². The molecule has 0 bridgehead atoms. The Morgan fingerprint density at radius 1 is 0.400 bits per heavy atom. The number of hydrogen-bond donors (Lipinski definition) is 0. The van der Waals surface area contributed by atoms with E-state index in [0.29, 0.717) is 17.6 Å². The molecular weight excluding hydrogens is 873 g/mol. The molecule has 14 rings (SSSR count). The van der Waals surface area contributed by atoms with Crippen molar-refractivity contribution < 1.29 is 4.42 Å². The summed E-state index contributed by atoms with van der Waals surface area (Å²) in [6.07, 6.45) is 1.25. The fourth-order valence-electron chi connectivity index (χ4n) is 10.1. The number of nitrogens with zero attached hydrogens (tertiary/aromatic N) is 4. The highest BCUT2D eigenvalue weighted by Crippen LogP contribution is 2.43. The second kappa shape index (κ2) is 17.1. The molecule has 10 aromatic carbocycles. The molecule has 0 aliphatic rings. The van der Waals surface area contributed by atoms with Crippen molar-refractivity contribution in [1.82, 2.24) is 19.5 Å². The summed E-state index contributed by atoms with van der Waals surface area (Å²) in [6.45, 7) is 4.25. The number of hydrogen-bond acceptors (Lipinski definition) is 5. The van der Waals surface area contributed by atoms with Gasteiger partial charge in [0, 0.05) is 58.4 Å². The molecule has 0 unspecified atom stereocenters. The van der Waals surface area contributed by atoms with E-state index in [4.69, 9.17) is 19.4 Å². The number of thiophene rings is 1. The lowest BCUT2D eigenvalue weighted by Crippen LogP contribution is -2.07. The Bertz CT molecular complexity index is 4310. The van der Waals surface area contributed by atoms with Crippen molar-refractivity contribution in [2.75, 3.05) is 0 Å². The molecular formula is C64H44N4OS. The monoisotopic (exact) mass is 916 g/mol. The molecule has 0 aliphatic heterocycles. The number of para-hydroxylation sites is 2. The summed E-state index contributed by atoms with van der Waals surface area (Å²) in [6, 6.07) is 77.6. The Balaban J connectivity index is 0.00000156. The molecule has 4 aromatic heterocycles. The Labute approximate surface area is 408 Å². The summed E-state index contributed by atoms with van der Waals surface area (Å²) in [4.78, 5) is 15.9. The van der Waals surface area contributed by atoms with Gasteiger partial charge in [-0.1, -0.05) is 190 Å². The van der Waals surface area contributed by atoms with Crippen LogP contribution in [-0.2, 0) is 0 Å². The Morgan fingerprint density at radius 3 is 1.76 bits per heavy atom. The second-order valence-corrected chi connectivity index (χ2v) is 18.9. The Kier molecular flexibility index (Phi) is 10.1. The van der Waals surface area contributed by atoms with Crippen LogP contribution in [0.5, 0.6) is 0 Å². The number of benzene rings is 10. The van der Waals surface area contributed by atoms with Crippen molar-refractivity contribution in [1.29, 1.82) is 0 Å². The zero-order valence-corrected chi connectivity index (χ0v) is 39.4. The van der Waals surface area contributed by atoms with Crippen LogP contribution < -0.4 is 0 Å². The quantitative estimate of drug-likeness (QED) is 0.167.